The molecule has 0 fully saturated rings. The second-order valence-corrected chi connectivity index (χ2v) is 6.28. The molecule has 0 saturated heterocycles. The fraction of sp³-hybridized carbons (Fsp3) is 0.167. The van der Waals surface area contributed by atoms with Crippen LogP contribution in [0.25, 0.3) is 10.9 Å². The average molecular weight is 368 g/mol. The monoisotopic (exact) mass is 367 g/mol. The van der Waals surface area contributed by atoms with Crippen LogP contribution in [0.15, 0.2) is 35.7 Å². The molecule has 4 rings (SSSR count). The van der Waals surface area contributed by atoms with E-state index in [4.69, 9.17) is 26.8 Å². The average Bonchev–Trinajstić information content (AvgIpc) is 3.00. The van der Waals surface area contributed by atoms with Crippen LogP contribution in [-0.4, -0.2) is 22.3 Å². The summed E-state index contributed by atoms with van der Waals surface area (Å²) in [6, 6.07) is 9.58. The molecule has 0 unspecified atom stereocenters. The Labute approximate surface area is 154 Å². The molecule has 0 radical (unpaired) electrons. The molecule has 0 bridgehead atoms. The highest BCUT2D eigenvalue weighted by atomic mass is 35.5. The van der Waals surface area contributed by atoms with Crippen molar-refractivity contribution < 1.29 is 9.47 Å². The largest absolute Gasteiger partial charge is 0.497 e. The molecule has 0 saturated carbocycles. The number of ether oxygens (including phenoxy) is 2. The van der Waals surface area contributed by atoms with Crippen LogP contribution in [0.3, 0.4) is 0 Å². The van der Waals surface area contributed by atoms with Crippen molar-refractivity contribution in [2.45, 2.75) is 12.8 Å². The summed E-state index contributed by atoms with van der Waals surface area (Å²) < 4.78 is 10.7. The van der Waals surface area contributed by atoms with Gasteiger partial charge in [0.15, 0.2) is 0 Å². The molecule has 1 aliphatic heterocycles. The molecule has 0 amide bonds. The molecule has 3 aromatic rings. The fourth-order valence-corrected chi connectivity index (χ4v) is 3.43. The molecule has 8 heteroatoms. The number of H-pyrrole nitrogens is 1. The van der Waals surface area contributed by atoms with Gasteiger partial charge < -0.3 is 15.2 Å². The van der Waals surface area contributed by atoms with Gasteiger partial charge in [0.2, 0.25) is 11.8 Å². The maximum absolute atomic E-state index is 9.64. The third-order valence-electron chi connectivity index (χ3n) is 4.45. The SMILES string of the molecule is COc1ccc2cc([C@H]3C(C#N)=C(N)Oc4n[nH]c(C)c43)c(Cl)nc2c1. The summed E-state index contributed by atoms with van der Waals surface area (Å²) in [5.41, 5.74) is 9.09. The zero-order valence-corrected chi connectivity index (χ0v) is 14.8. The van der Waals surface area contributed by atoms with Crippen LogP contribution in [0.2, 0.25) is 5.15 Å². The number of aryl methyl sites for hydroxylation is 1. The van der Waals surface area contributed by atoms with E-state index < -0.39 is 5.92 Å². The van der Waals surface area contributed by atoms with E-state index in [1.807, 2.05) is 25.1 Å². The summed E-state index contributed by atoms with van der Waals surface area (Å²) >= 11 is 6.49. The fourth-order valence-electron chi connectivity index (χ4n) is 3.18. The van der Waals surface area contributed by atoms with Crippen molar-refractivity contribution in [2.24, 2.45) is 5.73 Å². The predicted molar refractivity (Wildman–Crippen MR) is 95.9 cm³/mol. The van der Waals surface area contributed by atoms with Crippen molar-refractivity contribution in [3.8, 4) is 17.7 Å². The molecular weight excluding hydrogens is 354 g/mol. The number of halogens is 1. The Balaban J connectivity index is 1.97. The number of hydrogen-bond donors (Lipinski definition) is 2. The number of hydrogen-bond acceptors (Lipinski definition) is 6. The molecule has 7 nitrogen and oxygen atoms in total. The van der Waals surface area contributed by atoms with Gasteiger partial charge in [-0.15, -0.1) is 5.10 Å². The number of pyridine rings is 1. The second-order valence-electron chi connectivity index (χ2n) is 5.92. The van der Waals surface area contributed by atoms with Gasteiger partial charge in [-0.05, 0) is 25.1 Å². The van der Waals surface area contributed by atoms with Crippen LogP contribution in [-0.2, 0) is 0 Å². The number of aromatic nitrogens is 3. The van der Waals surface area contributed by atoms with Crippen LogP contribution in [0.4, 0.5) is 0 Å². The summed E-state index contributed by atoms with van der Waals surface area (Å²) in [5.74, 6) is 0.543. The first-order valence-corrected chi connectivity index (χ1v) is 8.18. The van der Waals surface area contributed by atoms with Gasteiger partial charge in [-0.1, -0.05) is 11.6 Å². The van der Waals surface area contributed by atoms with E-state index in [0.29, 0.717) is 22.7 Å². The number of aromatic amines is 1. The van der Waals surface area contributed by atoms with E-state index in [9.17, 15) is 5.26 Å². The Morgan fingerprint density at radius 3 is 2.92 bits per heavy atom. The zero-order valence-electron chi connectivity index (χ0n) is 14.0. The van der Waals surface area contributed by atoms with E-state index in [2.05, 4.69) is 21.3 Å². The van der Waals surface area contributed by atoms with Gasteiger partial charge in [-0.3, -0.25) is 5.10 Å². The van der Waals surface area contributed by atoms with Gasteiger partial charge in [0.05, 0.1) is 18.5 Å². The van der Waals surface area contributed by atoms with Gasteiger partial charge in [-0.2, -0.15) is 5.26 Å². The summed E-state index contributed by atoms with van der Waals surface area (Å²) in [5, 5.41) is 17.8. The van der Waals surface area contributed by atoms with Gasteiger partial charge >= 0.3 is 0 Å². The first-order chi connectivity index (χ1) is 12.5. The molecule has 2 aromatic heterocycles. The number of fused-ring (bicyclic) bond motifs is 2. The first kappa shape index (κ1) is 16.2. The molecule has 0 aliphatic carbocycles. The Bertz CT molecular complexity index is 1110. The molecule has 1 aromatic carbocycles. The Kier molecular flexibility index (Phi) is 3.71. The highest BCUT2D eigenvalue weighted by Crippen LogP contribution is 2.44. The lowest BCUT2D eigenvalue weighted by Gasteiger charge is -2.24. The standard InChI is InChI=1S/C18H14ClN5O2/c1-8-14-15(12(7-20)17(21)26-18(14)24-23-8)11-5-9-3-4-10(25-2)6-13(9)22-16(11)19/h3-6,15H,21H2,1-2H3,(H,23,24)/t15-/m0/s1. The van der Waals surface area contributed by atoms with E-state index in [1.54, 1.807) is 13.2 Å². The lowest BCUT2D eigenvalue weighted by atomic mass is 9.84. The van der Waals surface area contributed by atoms with E-state index in [0.717, 1.165) is 16.6 Å². The normalized spacial score (nSPS) is 16.2. The molecule has 3 N–H and O–H groups in total. The van der Waals surface area contributed by atoms with Crippen LogP contribution < -0.4 is 15.2 Å². The molecule has 3 heterocycles. The zero-order chi connectivity index (χ0) is 18.4. The minimum absolute atomic E-state index is 0.0161. The van der Waals surface area contributed by atoms with Gasteiger partial charge in [-0.25, -0.2) is 4.98 Å². The number of nitrogens with one attached hydrogen (secondary N) is 1. The minimum Gasteiger partial charge on any atom is -0.497 e. The number of rotatable bonds is 2. The second kappa shape index (κ2) is 5.93. The third-order valence-corrected chi connectivity index (χ3v) is 4.75. The maximum atomic E-state index is 9.64. The Hall–Kier alpha value is -3.24. The Morgan fingerprint density at radius 2 is 2.19 bits per heavy atom. The lowest BCUT2D eigenvalue weighted by Crippen LogP contribution is -2.21. The summed E-state index contributed by atoms with van der Waals surface area (Å²) in [4.78, 5) is 4.48. The van der Waals surface area contributed by atoms with E-state index in [-0.39, 0.29) is 16.6 Å². The number of nitriles is 1. The highest BCUT2D eigenvalue weighted by Gasteiger charge is 2.35. The summed E-state index contributed by atoms with van der Waals surface area (Å²) in [6.45, 7) is 1.85. The Morgan fingerprint density at radius 1 is 1.38 bits per heavy atom. The third kappa shape index (κ3) is 2.35. The minimum atomic E-state index is -0.506. The quantitative estimate of drug-likeness (QED) is 0.673. The molecular formula is C18H14ClN5O2. The predicted octanol–water partition coefficient (Wildman–Crippen LogP) is 3.15. The topological polar surface area (TPSA) is 110 Å². The van der Waals surface area contributed by atoms with Crippen LogP contribution in [0.5, 0.6) is 11.6 Å². The smallest absolute Gasteiger partial charge is 0.244 e. The number of methoxy groups -OCH3 is 1. The maximum Gasteiger partial charge on any atom is 0.244 e. The van der Waals surface area contributed by atoms with Crippen LogP contribution in [0, 0.1) is 18.3 Å². The van der Waals surface area contributed by atoms with Gasteiger partial charge in [0.1, 0.15) is 22.5 Å². The number of nitrogens with zero attached hydrogens (tertiary/aromatic N) is 3. The van der Waals surface area contributed by atoms with Crippen molar-refractivity contribution in [1.82, 2.24) is 15.2 Å². The first-order valence-electron chi connectivity index (χ1n) is 7.80. The molecule has 26 heavy (non-hydrogen) atoms. The molecule has 130 valence electrons. The van der Waals surface area contributed by atoms with E-state index in [1.165, 1.54) is 0 Å². The van der Waals surface area contributed by atoms with Gasteiger partial charge in [0.25, 0.3) is 0 Å². The summed E-state index contributed by atoms with van der Waals surface area (Å²) in [7, 11) is 1.59. The van der Waals surface area contributed by atoms with Gasteiger partial charge in [0, 0.05) is 28.3 Å². The van der Waals surface area contributed by atoms with Crippen molar-refractivity contribution in [3.63, 3.8) is 0 Å². The van der Waals surface area contributed by atoms with Crippen molar-refractivity contribution in [3.05, 3.63) is 57.7 Å². The van der Waals surface area contributed by atoms with Crippen LogP contribution >= 0.6 is 11.6 Å². The van der Waals surface area contributed by atoms with Crippen molar-refractivity contribution >= 4 is 22.5 Å². The molecule has 0 spiro atoms. The summed E-state index contributed by atoms with van der Waals surface area (Å²) in [6.07, 6.45) is 0. The molecule has 1 aliphatic rings. The van der Waals surface area contributed by atoms with E-state index >= 15 is 0 Å². The van der Waals surface area contributed by atoms with Crippen LogP contribution in [0.1, 0.15) is 22.7 Å². The number of benzene rings is 1. The number of allylic oxidation sites excluding steroid dienone is 1. The molecule has 1 atom stereocenters. The highest BCUT2D eigenvalue weighted by molar-refractivity contribution is 6.30. The van der Waals surface area contributed by atoms with Crippen molar-refractivity contribution in [1.29, 1.82) is 5.26 Å². The van der Waals surface area contributed by atoms with Crippen molar-refractivity contribution in [2.75, 3.05) is 7.11 Å². The lowest BCUT2D eigenvalue weighted by molar-refractivity contribution is 0.379. The number of nitrogens with two attached hydrogens (primary N) is 1.